The van der Waals surface area contributed by atoms with E-state index in [4.69, 9.17) is 9.47 Å². The smallest absolute Gasteiger partial charge is 0.335 e. The summed E-state index contributed by atoms with van der Waals surface area (Å²) in [6, 6.07) is 1.10. The molecule has 0 amide bonds. The van der Waals surface area contributed by atoms with Gasteiger partial charge in [-0.25, -0.2) is 4.79 Å². The number of hydrogen-bond acceptors (Lipinski definition) is 4. The molecule has 0 saturated heterocycles. The van der Waals surface area contributed by atoms with E-state index in [2.05, 4.69) is 24.4 Å². The van der Waals surface area contributed by atoms with Crippen molar-refractivity contribution in [2.45, 2.75) is 45.6 Å². The molecule has 0 aliphatic carbocycles. The molecule has 0 aromatic heterocycles. The standard InChI is InChI=1S/C12H26O4Si/c1-10(2)11(12(13)14-3)16-9-15-7-8-17(4,5)6/h10-11H,7-9H2,1-6H3/t11-/m0/s1. The number of carbonyl (C=O) groups excluding carboxylic acids is 1. The molecule has 0 spiro atoms. The summed E-state index contributed by atoms with van der Waals surface area (Å²) in [6.07, 6.45) is -0.535. The van der Waals surface area contributed by atoms with Gasteiger partial charge in [-0.05, 0) is 12.0 Å². The van der Waals surface area contributed by atoms with Gasteiger partial charge in [0.25, 0.3) is 0 Å². The summed E-state index contributed by atoms with van der Waals surface area (Å²) < 4.78 is 15.5. The van der Waals surface area contributed by atoms with Crippen LogP contribution in [-0.2, 0) is 19.0 Å². The van der Waals surface area contributed by atoms with Gasteiger partial charge in [0.05, 0.1) is 7.11 Å². The Morgan fingerprint density at radius 1 is 1.24 bits per heavy atom. The molecule has 4 nitrogen and oxygen atoms in total. The van der Waals surface area contributed by atoms with Crippen molar-refractivity contribution in [3.05, 3.63) is 0 Å². The molecule has 0 radical (unpaired) electrons. The fraction of sp³-hybridized carbons (Fsp3) is 0.917. The van der Waals surface area contributed by atoms with E-state index in [-0.39, 0.29) is 18.7 Å². The summed E-state index contributed by atoms with van der Waals surface area (Å²) in [7, 11) is 0.311. The monoisotopic (exact) mass is 262 g/mol. The first-order chi connectivity index (χ1) is 7.78. The Labute approximate surface area is 106 Å². The van der Waals surface area contributed by atoms with Crippen LogP contribution >= 0.6 is 0 Å². The van der Waals surface area contributed by atoms with Crippen molar-refractivity contribution in [2.75, 3.05) is 20.5 Å². The minimum atomic E-state index is -1.06. The highest BCUT2D eigenvalue weighted by atomic mass is 28.3. The highest BCUT2D eigenvalue weighted by Gasteiger charge is 2.23. The number of rotatable bonds is 8. The normalized spacial score (nSPS) is 13.8. The van der Waals surface area contributed by atoms with Crippen molar-refractivity contribution in [3.63, 3.8) is 0 Å². The quantitative estimate of drug-likeness (QED) is 0.292. The van der Waals surface area contributed by atoms with Gasteiger partial charge in [0.15, 0.2) is 6.10 Å². The van der Waals surface area contributed by atoms with Crippen LogP contribution in [0.1, 0.15) is 13.8 Å². The Morgan fingerprint density at radius 3 is 2.24 bits per heavy atom. The van der Waals surface area contributed by atoms with Gasteiger partial charge in [-0.2, -0.15) is 0 Å². The molecule has 0 rings (SSSR count). The molecule has 17 heavy (non-hydrogen) atoms. The number of ether oxygens (including phenoxy) is 3. The van der Waals surface area contributed by atoms with Crippen LogP contribution in [0.3, 0.4) is 0 Å². The zero-order valence-corrected chi connectivity index (χ0v) is 12.9. The largest absolute Gasteiger partial charge is 0.467 e. The van der Waals surface area contributed by atoms with Gasteiger partial charge in [-0.3, -0.25) is 0 Å². The minimum absolute atomic E-state index is 0.0861. The molecule has 102 valence electrons. The number of hydrogen-bond donors (Lipinski definition) is 0. The molecule has 0 bridgehead atoms. The average molecular weight is 262 g/mol. The SMILES string of the molecule is COC(=O)[C@@H](OCOCC[Si](C)(C)C)C(C)C. The second-order valence-corrected chi connectivity index (χ2v) is 11.3. The van der Waals surface area contributed by atoms with E-state index < -0.39 is 14.2 Å². The van der Waals surface area contributed by atoms with E-state index in [1.54, 1.807) is 0 Å². The van der Waals surface area contributed by atoms with Crippen molar-refractivity contribution in [3.8, 4) is 0 Å². The van der Waals surface area contributed by atoms with E-state index in [1.807, 2.05) is 13.8 Å². The molecule has 0 aromatic rings. The van der Waals surface area contributed by atoms with E-state index in [0.29, 0.717) is 6.61 Å². The van der Waals surface area contributed by atoms with E-state index in [0.717, 1.165) is 6.04 Å². The lowest BCUT2D eigenvalue weighted by Crippen LogP contribution is -2.32. The lowest BCUT2D eigenvalue weighted by molar-refractivity contribution is -0.168. The fourth-order valence-electron chi connectivity index (χ4n) is 1.21. The van der Waals surface area contributed by atoms with Gasteiger partial charge in [-0.15, -0.1) is 0 Å². The van der Waals surface area contributed by atoms with Crippen LogP contribution in [0.15, 0.2) is 0 Å². The molecular formula is C12H26O4Si. The van der Waals surface area contributed by atoms with Crippen LogP contribution in [0.2, 0.25) is 25.7 Å². The van der Waals surface area contributed by atoms with Crippen LogP contribution in [0, 0.1) is 5.92 Å². The van der Waals surface area contributed by atoms with Crippen LogP contribution in [0.25, 0.3) is 0 Å². The zero-order valence-electron chi connectivity index (χ0n) is 11.9. The average Bonchev–Trinajstić information content (AvgIpc) is 2.20. The first-order valence-corrected chi connectivity index (χ1v) is 9.76. The maximum Gasteiger partial charge on any atom is 0.335 e. The molecule has 0 aromatic carbocycles. The van der Waals surface area contributed by atoms with Crippen molar-refractivity contribution in [2.24, 2.45) is 5.92 Å². The summed E-state index contributed by atoms with van der Waals surface area (Å²) in [5.74, 6) is -0.253. The molecule has 0 heterocycles. The Bertz CT molecular complexity index is 223. The lowest BCUT2D eigenvalue weighted by Gasteiger charge is -2.20. The second kappa shape index (κ2) is 7.84. The number of carbonyl (C=O) groups is 1. The molecule has 5 heteroatoms. The molecule has 0 fully saturated rings. The van der Waals surface area contributed by atoms with Gasteiger partial charge in [-0.1, -0.05) is 33.5 Å². The topological polar surface area (TPSA) is 44.8 Å². The third-order valence-corrected chi connectivity index (χ3v) is 4.07. The maximum absolute atomic E-state index is 11.4. The Morgan fingerprint density at radius 2 is 1.82 bits per heavy atom. The van der Waals surface area contributed by atoms with E-state index in [9.17, 15) is 4.79 Å². The van der Waals surface area contributed by atoms with Crippen LogP contribution in [-0.4, -0.2) is 40.7 Å². The Hall–Kier alpha value is -0.393. The lowest BCUT2D eigenvalue weighted by atomic mass is 10.1. The molecule has 0 unspecified atom stereocenters. The fourth-order valence-corrected chi connectivity index (χ4v) is 1.96. The predicted octanol–water partition coefficient (Wildman–Crippen LogP) is 2.51. The molecule has 0 aliphatic heterocycles. The highest BCUT2D eigenvalue weighted by Crippen LogP contribution is 2.10. The van der Waals surface area contributed by atoms with E-state index in [1.165, 1.54) is 7.11 Å². The molecule has 0 N–H and O–H groups in total. The summed E-state index contributed by atoms with van der Waals surface area (Å²) in [4.78, 5) is 11.4. The van der Waals surface area contributed by atoms with Gasteiger partial charge in [0.2, 0.25) is 0 Å². The van der Waals surface area contributed by atoms with Crippen molar-refractivity contribution >= 4 is 14.0 Å². The number of methoxy groups -OCH3 is 1. The zero-order chi connectivity index (χ0) is 13.5. The summed E-state index contributed by atoms with van der Waals surface area (Å²) in [5, 5.41) is 0. The second-order valence-electron chi connectivity index (χ2n) is 5.69. The van der Waals surface area contributed by atoms with Crippen LogP contribution in [0.4, 0.5) is 0 Å². The van der Waals surface area contributed by atoms with Gasteiger partial charge < -0.3 is 14.2 Å². The Kier molecular flexibility index (Phi) is 7.66. The van der Waals surface area contributed by atoms with Gasteiger partial charge >= 0.3 is 5.97 Å². The molecule has 0 aliphatic rings. The van der Waals surface area contributed by atoms with Crippen LogP contribution < -0.4 is 0 Å². The minimum Gasteiger partial charge on any atom is -0.467 e. The van der Waals surface area contributed by atoms with Crippen molar-refractivity contribution < 1.29 is 19.0 Å². The first kappa shape index (κ1) is 16.6. The summed E-state index contributed by atoms with van der Waals surface area (Å²) in [6.45, 7) is 11.6. The van der Waals surface area contributed by atoms with Gasteiger partial charge in [0.1, 0.15) is 6.79 Å². The van der Waals surface area contributed by atoms with Crippen molar-refractivity contribution in [1.29, 1.82) is 0 Å². The molecular weight excluding hydrogens is 236 g/mol. The third-order valence-electron chi connectivity index (χ3n) is 2.37. The molecule has 1 atom stereocenters. The summed E-state index contributed by atoms with van der Waals surface area (Å²) >= 11 is 0. The third kappa shape index (κ3) is 8.35. The maximum atomic E-state index is 11.4. The first-order valence-electron chi connectivity index (χ1n) is 6.05. The van der Waals surface area contributed by atoms with E-state index >= 15 is 0 Å². The predicted molar refractivity (Wildman–Crippen MR) is 70.7 cm³/mol. The molecule has 0 saturated carbocycles. The van der Waals surface area contributed by atoms with Gasteiger partial charge in [0, 0.05) is 14.7 Å². The van der Waals surface area contributed by atoms with Crippen LogP contribution in [0.5, 0.6) is 0 Å². The highest BCUT2D eigenvalue weighted by molar-refractivity contribution is 6.76. The Balaban J connectivity index is 3.80. The number of esters is 1. The van der Waals surface area contributed by atoms with Crippen molar-refractivity contribution in [1.82, 2.24) is 0 Å². The summed E-state index contributed by atoms with van der Waals surface area (Å²) in [5.41, 5.74) is 0.